The van der Waals surface area contributed by atoms with Crippen molar-refractivity contribution in [3.63, 3.8) is 0 Å². The van der Waals surface area contributed by atoms with Crippen molar-refractivity contribution in [2.45, 2.75) is 57.1 Å². The Balaban J connectivity index is 1.08. The van der Waals surface area contributed by atoms with Crippen LogP contribution >= 0.6 is 0 Å². The zero-order valence-corrected chi connectivity index (χ0v) is 20.5. The summed E-state index contributed by atoms with van der Waals surface area (Å²) in [6, 6.07) is 11.0. The Kier molecular flexibility index (Phi) is 5.11. The molecule has 0 unspecified atom stereocenters. The summed E-state index contributed by atoms with van der Waals surface area (Å²) in [7, 11) is 0. The molecule has 0 aliphatic heterocycles. The molecule has 3 N–H and O–H groups in total. The van der Waals surface area contributed by atoms with Crippen molar-refractivity contribution in [1.29, 1.82) is 0 Å². The maximum absolute atomic E-state index is 13.0. The normalized spacial score (nSPS) is 23.0. The van der Waals surface area contributed by atoms with E-state index in [0.717, 1.165) is 36.8 Å². The number of rotatable bonds is 6. The largest absolute Gasteiger partial charge is 0.478 e. The molecule has 0 atom stereocenters. The minimum absolute atomic E-state index is 0.0997. The van der Waals surface area contributed by atoms with Gasteiger partial charge in [0.05, 0.1) is 34.6 Å². The molecular formula is C27H27N5O5. The monoisotopic (exact) mass is 501 g/mol. The van der Waals surface area contributed by atoms with Gasteiger partial charge in [0.25, 0.3) is 11.5 Å². The number of aliphatic carboxylic acids is 1. The van der Waals surface area contributed by atoms with Gasteiger partial charge in [-0.3, -0.25) is 9.59 Å². The lowest BCUT2D eigenvalue weighted by atomic mass is 9.49. The van der Waals surface area contributed by atoms with Gasteiger partial charge in [0.1, 0.15) is 5.75 Å². The molecule has 2 aliphatic carbocycles. The Morgan fingerprint density at radius 3 is 2.59 bits per heavy atom. The van der Waals surface area contributed by atoms with Gasteiger partial charge in [0.2, 0.25) is 0 Å². The number of ether oxygens (including phenoxy) is 1. The molecular weight excluding hydrogens is 474 g/mol. The van der Waals surface area contributed by atoms with E-state index in [0.29, 0.717) is 28.1 Å². The standard InChI is InChI=1S/C27H27N5O5/c1-26(2,25(35)36)37-17-7-8-21-20(13-28-32(21)14-17)23(33)29-16-11-27(12-16)9-15(10-27)22-18-5-3-4-6-19(18)24(34)31-30-22/h3-8,13-16H,9-12H2,1-2H3,(H,29,33)(H,31,34)(H,35,36). The van der Waals surface area contributed by atoms with Gasteiger partial charge in [0.15, 0.2) is 5.60 Å². The number of nitrogens with one attached hydrogen (secondary N) is 2. The van der Waals surface area contributed by atoms with Crippen molar-refractivity contribution < 1.29 is 19.4 Å². The molecule has 3 aromatic heterocycles. The Hall–Kier alpha value is -4.21. The molecule has 3 heterocycles. The predicted molar refractivity (Wildman–Crippen MR) is 135 cm³/mol. The van der Waals surface area contributed by atoms with Gasteiger partial charge in [-0.2, -0.15) is 10.2 Å². The van der Waals surface area contributed by atoms with E-state index in [1.54, 1.807) is 18.3 Å². The Morgan fingerprint density at radius 1 is 1.14 bits per heavy atom. The summed E-state index contributed by atoms with van der Waals surface area (Å²) in [5, 5.41) is 25.2. The average Bonchev–Trinajstić information content (AvgIpc) is 3.23. The zero-order chi connectivity index (χ0) is 25.9. The summed E-state index contributed by atoms with van der Waals surface area (Å²) in [6.45, 7) is 2.94. The summed E-state index contributed by atoms with van der Waals surface area (Å²) in [5.74, 6) is -0.605. The first-order chi connectivity index (χ1) is 17.6. The number of hydrogen-bond donors (Lipinski definition) is 3. The summed E-state index contributed by atoms with van der Waals surface area (Å²) >= 11 is 0. The van der Waals surface area contributed by atoms with Crippen LogP contribution in [0.3, 0.4) is 0 Å². The van der Waals surface area contributed by atoms with Gasteiger partial charge >= 0.3 is 5.97 Å². The molecule has 0 radical (unpaired) electrons. The molecule has 1 spiro atoms. The lowest BCUT2D eigenvalue weighted by molar-refractivity contribution is -0.152. The average molecular weight is 502 g/mol. The van der Waals surface area contributed by atoms with Crippen LogP contribution in [-0.2, 0) is 4.79 Å². The molecule has 0 bridgehead atoms. The molecule has 2 saturated carbocycles. The van der Waals surface area contributed by atoms with Crippen molar-refractivity contribution in [3.05, 3.63) is 70.4 Å². The molecule has 10 nitrogen and oxygen atoms in total. The third-order valence-electron chi connectivity index (χ3n) is 7.79. The number of amides is 1. The number of nitrogens with zero attached hydrogens (tertiary/aromatic N) is 3. The number of carboxylic acid groups (broad SMARTS) is 1. The molecule has 1 aromatic carbocycles. The minimum Gasteiger partial charge on any atom is -0.478 e. The highest BCUT2D eigenvalue weighted by molar-refractivity contribution is 6.00. The van der Waals surface area contributed by atoms with Crippen LogP contribution in [0.25, 0.3) is 16.3 Å². The van der Waals surface area contributed by atoms with Crippen LogP contribution in [0.5, 0.6) is 5.75 Å². The van der Waals surface area contributed by atoms with E-state index < -0.39 is 11.6 Å². The smallest absolute Gasteiger partial charge is 0.347 e. The first kappa shape index (κ1) is 23.2. The number of aromatic nitrogens is 4. The topological polar surface area (TPSA) is 139 Å². The van der Waals surface area contributed by atoms with Crippen LogP contribution < -0.4 is 15.6 Å². The first-order valence-corrected chi connectivity index (χ1v) is 12.3. The van der Waals surface area contributed by atoms with E-state index in [4.69, 9.17) is 4.74 Å². The minimum atomic E-state index is -1.39. The molecule has 190 valence electrons. The summed E-state index contributed by atoms with van der Waals surface area (Å²) in [5.41, 5.74) is 0.691. The second-order valence-electron chi connectivity index (χ2n) is 10.8. The fourth-order valence-corrected chi connectivity index (χ4v) is 5.85. The SMILES string of the molecule is CC(C)(Oc1ccc2c(C(=O)NC3CC4(C3)CC(c3n[nH]c(=O)c5ccccc35)C4)cnn2c1)C(=O)O. The highest BCUT2D eigenvalue weighted by Gasteiger charge is 2.54. The Bertz CT molecular complexity index is 1610. The summed E-state index contributed by atoms with van der Waals surface area (Å²) in [6.07, 6.45) is 6.90. The van der Waals surface area contributed by atoms with Crippen LogP contribution in [0.2, 0.25) is 0 Å². The highest BCUT2D eigenvalue weighted by atomic mass is 16.5. The zero-order valence-electron chi connectivity index (χ0n) is 20.5. The number of H-pyrrole nitrogens is 1. The van der Waals surface area contributed by atoms with Gasteiger partial charge in [-0.15, -0.1) is 0 Å². The van der Waals surface area contributed by atoms with Crippen molar-refractivity contribution in [1.82, 2.24) is 25.1 Å². The van der Waals surface area contributed by atoms with Crippen LogP contribution in [0.4, 0.5) is 0 Å². The molecule has 37 heavy (non-hydrogen) atoms. The Labute approximate surface area is 211 Å². The fourth-order valence-electron chi connectivity index (χ4n) is 5.85. The van der Waals surface area contributed by atoms with E-state index in [9.17, 15) is 19.5 Å². The third kappa shape index (κ3) is 3.92. The number of hydrogen-bond acceptors (Lipinski definition) is 6. The fraction of sp³-hybridized carbons (Fsp3) is 0.370. The number of carboxylic acids is 1. The van der Waals surface area contributed by atoms with Crippen molar-refractivity contribution >= 4 is 28.2 Å². The number of aromatic amines is 1. The molecule has 2 fully saturated rings. The first-order valence-electron chi connectivity index (χ1n) is 12.3. The summed E-state index contributed by atoms with van der Waals surface area (Å²) < 4.78 is 7.08. The van der Waals surface area contributed by atoms with Gasteiger partial charge < -0.3 is 15.2 Å². The molecule has 2 aliphatic rings. The van der Waals surface area contributed by atoms with Crippen LogP contribution in [0.15, 0.2) is 53.6 Å². The molecule has 1 amide bonds. The van der Waals surface area contributed by atoms with E-state index >= 15 is 0 Å². The summed E-state index contributed by atoms with van der Waals surface area (Å²) in [4.78, 5) is 36.4. The van der Waals surface area contributed by atoms with Crippen LogP contribution in [-0.4, -0.2) is 48.4 Å². The van der Waals surface area contributed by atoms with Gasteiger partial charge in [0, 0.05) is 17.3 Å². The highest BCUT2D eigenvalue weighted by Crippen LogP contribution is 2.62. The van der Waals surface area contributed by atoms with E-state index in [1.165, 1.54) is 24.6 Å². The quantitative estimate of drug-likeness (QED) is 0.369. The lowest BCUT2D eigenvalue weighted by Gasteiger charge is -2.57. The van der Waals surface area contributed by atoms with E-state index in [2.05, 4.69) is 20.6 Å². The lowest BCUT2D eigenvalue weighted by Crippen LogP contribution is -2.55. The maximum Gasteiger partial charge on any atom is 0.347 e. The predicted octanol–water partition coefficient (Wildman–Crippen LogP) is 3.27. The van der Waals surface area contributed by atoms with Crippen molar-refractivity contribution in [3.8, 4) is 5.75 Å². The molecule has 0 saturated heterocycles. The number of benzene rings is 1. The van der Waals surface area contributed by atoms with Gasteiger partial charge in [-0.25, -0.2) is 14.4 Å². The number of carbonyl (C=O) groups is 2. The number of fused-ring (bicyclic) bond motifs is 2. The van der Waals surface area contributed by atoms with Crippen LogP contribution in [0.1, 0.15) is 61.5 Å². The number of carbonyl (C=O) groups excluding carboxylic acids is 1. The molecule has 10 heteroatoms. The van der Waals surface area contributed by atoms with Gasteiger partial charge in [-0.1, -0.05) is 18.2 Å². The second kappa shape index (κ2) is 8.16. The van der Waals surface area contributed by atoms with E-state index in [1.807, 2.05) is 24.3 Å². The van der Waals surface area contributed by atoms with Gasteiger partial charge in [-0.05, 0) is 63.1 Å². The molecule has 4 aromatic rings. The van der Waals surface area contributed by atoms with Crippen molar-refractivity contribution in [2.24, 2.45) is 5.41 Å². The van der Waals surface area contributed by atoms with Crippen LogP contribution in [0, 0.1) is 5.41 Å². The molecule has 6 rings (SSSR count). The maximum atomic E-state index is 13.0. The third-order valence-corrected chi connectivity index (χ3v) is 7.79. The number of pyridine rings is 1. The second-order valence-corrected chi connectivity index (χ2v) is 10.8. The van der Waals surface area contributed by atoms with Crippen molar-refractivity contribution in [2.75, 3.05) is 0 Å². The van der Waals surface area contributed by atoms with E-state index in [-0.39, 0.29) is 22.9 Å². The Morgan fingerprint density at radius 2 is 1.86 bits per heavy atom.